The van der Waals surface area contributed by atoms with Gasteiger partial charge in [0, 0.05) is 12.5 Å². The Balaban J connectivity index is 2.78. The summed E-state index contributed by atoms with van der Waals surface area (Å²) in [7, 11) is 0. The molecule has 0 aliphatic heterocycles. The lowest BCUT2D eigenvalue weighted by atomic mass is 10.0. The third-order valence-electron chi connectivity index (χ3n) is 2.07. The number of hydrogen-bond donors (Lipinski definition) is 1. The molecule has 1 N–H and O–H groups in total. The van der Waals surface area contributed by atoms with Crippen LogP contribution in [0.15, 0.2) is 24.3 Å². The van der Waals surface area contributed by atoms with Gasteiger partial charge in [-0.3, -0.25) is 0 Å². The summed E-state index contributed by atoms with van der Waals surface area (Å²) in [5.41, 5.74) is 1.12. The van der Waals surface area contributed by atoms with Crippen molar-refractivity contribution < 1.29 is 9.84 Å². The lowest BCUT2D eigenvalue weighted by molar-refractivity contribution is 0.241. The van der Waals surface area contributed by atoms with Crippen LogP contribution in [0.3, 0.4) is 0 Å². The molecule has 1 unspecified atom stereocenters. The van der Waals surface area contributed by atoms with Gasteiger partial charge in [0.1, 0.15) is 5.75 Å². The molecule has 78 valence electrons. The molecule has 0 aliphatic carbocycles. The fourth-order valence-corrected chi connectivity index (χ4v) is 1.27. The average Bonchev–Trinajstić information content (AvgIpc) is 2.16. The summed E-state index contributed by atoms with van der Waals surface area (Å²) < 4.78 is 5.57. The molecule has 0 radical (unpaired) electrons. The Morgan fingerprint density at radius 1 is 1.29 bits per heavy atom. The highest BCUT2D eigenvalue weighted by Crippen LogP contribution is 2.20. The smallest absolute Gasteiger partial charge is 0.119 e. The van der Waals surface area contributed by atoms with Crippen molar-refractivity contribution in [3.8, 4) is 5.75 Å². The van der Waals surface area contributed by atoms with E-state index in [4.69, 9.17) is 9.84 Å². The van der Waals surface area contributed by atoms with Crippen molar-refractivity contribution in [2.45, 2.75) is 32.8 Å². The summed E-state index contributed by atoms with van der Waals surface area (Å²) >= 11 is 0. The van der Waals surface area contributed by atoms with E-state index in [1.54, 1.807) is 0 Å². The minimum absolute atomic E-state index is 0.172. The summed E-state index contributed by atoms with van der Waals surface area (Å²) in [4.78, 5) is 0. The van der Waals surface area contributed by atoms with Crippen LogP contribution in [-0.4, -0.2) is 17.8 Å². The van der Waals surface area contributed by atoms with Crippen LogP contribution in [0.25, 0.3) is 0 Å². The Kier molecular flexibility index (Phi) is 3.96. The van der Waals surface area contributed by atoms with Crippen LogP contribution in [0.5, 0.6) is 5.75 Å². The van der Waals surface area contributed by atoms with Gasteiger partial charge in [-0.2, -0.15) is 0 Å². The first-order valence-electron chi connectivity index (χ1n) is 5.01. The van der Waals surface area contributed by atoms with Gasteiger partial charge < -0.3 is 9.84 Å². The maximum Gasteiger partial charge on any atom is 0.119 e. The first-order valence-corrected chi connectivity index (χ1v) is 5.01. The SMILES string of the molecule is CC(C)Oc1cccc(C(C)CO)c1. The molecule has 0 fully saturated rings. The second-order valence-corrected chi connectivity index (χ2v) is 3.82. The van der Waals surface area contributed by atoms with Crippen molar-refractivity contribution in [3.63, 3.8) is 0 Å². The van der Waals surface area contributed by atoms with E-state index in [1.807, 2.05) is 45.0 Å². The molecule has 0 heterocycles. The normalized spacial score (nSPS) is 12.9. The van der Waals surface area contributed by atoms with E-state index < -0.39 is 0 Å². The van der Waals surface area contributed by atoms with Gasteiger partial charge in [-0.25, -0.2) is 0 Å². The zero-order chi connectivity index (χ0) is 10.6. The number of hydrogen-bond acceptors (Lipinski definition) is 2. The molecule has 2 nitrogen and oxygen atoms in total. The third kappa shape index (κ3) is 3.04. The maximum atomic E-state index is 9.02. The molecule has 0 saturated carbocycles. The number of aliphatic hydroxyl groups excluding tert-OH is 1. The molecule has 14 heavy (non-hydrogen) atoms. The summed E-state index contributed by atoms with van der Waals surface area (Å²) in [5.74, 6) is 1.04. The predicted octanol–water partition coefficient (Wildman–Crippen LogP) is 2.57. The molecule has 0 amide bonds. The quantitative estimate of drug-likeness (QED) is 0.798. The first-order chi connectivity index (χ1) is 6.63. The molecule has 0 spiro atoms. The molecular weight excluding hydrogens is 176 g/mol. The Morgan fingerprint density at radius 3 is 2.57 bits per heavy atom. The molecular formula is C12H18O2. The molecule has 1 aromatic rings. The van der Waals surface area contributed by atoms with E-state index in [1.165, 1.54) is 0 Å². The van der Waals surface area contributed by atoms with Crippen LogP contribution < -0.4 is 4.74 Å². The maximum absolute atomic E-state index is 9.02. The van der Waals surface area contributed by atoms with E-state index >= 15 is 0 Å². The number of ether oxygens (including phenoxy) is 1. The number of rotatable bonds is 4. The van der Waals surface area contributed by atoms with Gasteiger partial charge >= 0.3 is 0 Å². The third-order valence-corrected chi connectivity index (χ3v) is 2.07. The van der Waals surface area contributed by atoms with Gasteiger partial charge in [-0.05, 0) is 31.5 Å². The Hall–Kier alpha value is -1.02. The molecule has 0 aliphatic rings. The van der Waals surface area contributed by atoms with Crippen molar-refractivity contribution in [1.29, 1.82) is 0 Å². The van der Waals surface area contributed by atoms with Gasteiger partial charge in [0.2, 0.25) is 0 Å². The zero-order valence-electron chi connectivity index (χ0n) is 9.03. The zero-order valence-corrected chi connectivity index (χ0v) is 9.03. The molecule has 0 saturated heterocycles. The molecule has 1 rings (SSSR count). The fourth-order valence-electron chi connectivity index (χ4n) is 1.27. The van der Waals surface area contributed by atoms with E-state index in [0.717, 1.165) is 11.3 Å². The molecule has 1 aromatic carbocycles. The van der Waals surface area contributed by atoms with Gasteiger partial charge in [0.15, 0.2) is 0 Å². The van der Waals surface area contributed by atoms with Crippen molar-refractivity contribution in [3.05, 3.63) is 29.8 Å². The van der Waals surface area contributed by atoms with Crippen molar-refractivity contribution in [2.24, 2.45) is 0 Å². The Bertz CT molecular complexity index is 281. The van der Waals surface area contributed by atoms with Crippen LogP contribution in [0.1, 0.15) is 32.3 Å². The average molecular weight is 194 g/mol. The van der Waals surface area contributed by atoms with Crippen LogP contribution in [0.2, 0.25) is 0 Å². The standard InChI is InChI=1S/C12H18O2/c1-9(2)14-12-6-4-5-11(7-12)10(3)8-13/h4-7,9-10,13H,8H2,1-3H3. The Morgan fingerprint density at radius 2 is 2.00 bits per heavy atom. The molecule has 2 heteroatoms. The van der Waals surface area contributed by atoms with Gasteiger partial charge in [-0.15, -0.1) is 0 Å². The number of aliphatic hydroxyl groups is 1. The fraction of sp³-hybridized carbons (Fsp3) is 0.500. The largest absolute Gasteiger partial charge is 0.491 e. The highest BCUT2D eigenvalue weighted by Gasteiger charge is 2.05. The van der Waals surface area contributed by atoms with E-state index in [2.05, 4.69) is 0 Å². The van der Waals surface area contributed by atoms with Gasteiger partial charge in [0.25, 0.3) is 0 Å². The summed E-state index contributed by atoms with van der Waals surface area (Å²) in [6.07, 6.45) is 0.190. The topological polar surface area (TPSA) is 29.5 Å². The van der Waals surface area contributed by atoms with Gasteiger partial charge in [0.05, 0.1) is 6.10 Å². The minimum atomic E-state index is 0.172. The second kappa shape index (κ2) is 5.01. The predicted molar refractivity (Wildman–Crippen MR) is 57.7 cm³/mol. The second-order valence-electron chi connectivity index (χ2n) is 3.82. The van der Waals surface area contributed by atoms with Crippen molar-refractivity contribution >= 4 is 0 Å². The molecule has 0 aromatic heterocycles. The van der Waals surface area contributed by atoms with Crippen molar-refractivity contribution in [1.82, 2.24) is 0 Å². The van der Waals surface area contributed by atoms with Gasteiger partial charge in [-0.1, -0.05) is 19.1 Å². The summed E-state index contributed by atoms with van der Waals surface area (Å²) in [5, 5.41) is 9.02. The van der Waals surface area contributed by atoms with Crippen LogP contribution in [-0.2, 0) is 0 Å². The first kappa shape index (κ1) is 11.1. The number of benzene rings is 1. The van der Waals surface area contributed by atoms with Crippen LogP contribution in [0, 0.1) is 0 Å². The van der Waals surface area contributed by atoms with E-state index in [0.29, 0.717) is 0 Å². The van der Waals surface area contributed by atoms with Crippen LogP contribution in [0.4, 0.5) is 0 Å². The van der Waals surface area contributed by atoms with E-state index in [9.17, 15) is 0 Å². The Labute approximate surface area is 85.5 Å². The monoisotopic (exact) mass is 194 g/mol. The van der Waals surface area contributed by atoms with Crippen LogP contribution >= 0.6 is 0 Å². The molecule has 0 bridgehead atoms. The van der Waals surface area contributed by atoms with Crippen molar-refractivity contribution in [2.75, 3.05) is 6.61 Å². The van der Waals surface area contributed by atoms with E-state index in [-0.39, 0.29) is 18.6 Å². The molecule has 1 atom stereocenters. The highest BCUT2D eigenvalue weighted by molar-refractivity contribution is 5.30. The lowest BCUT2D eigenvalue weighted by Crippen LogP contribution is -2.06. The lowest BCUT2D eigenvalue weighted by Gasteiger charge is -2.13. The summed E-state index contributed by atoms with van der Waals surface area (Å²) in [6, 6.07) is 7.89. The highest BCUT2D eigenvalue weighted by atomic mass is 16.5. The summed E-state index contributed by atoms with van der Waals surface area (Å²) in [6.45, 7) is 6.17. The minimum Gasteiger partial charge on any atom is -0.491 e.